The van der Waals surface area contributed by atoms with Crippen LogP contribution in [0.4, 0.5) is 0 Å². The number of nitrogens with one attached hydrogen (secondary N) is 1. The Kier molecular flexibility index (Phi) is 5.44. The summed E-state index contributed by atoms with van der Waals surface area (Å²) in [7, 11) is 0. The molecule has 114 valence electrons. The van der Waals surface area contributed by atoms with Crippen molar-refractivity contribution in [1.29, 1.82) is 0 Å². The van der Waals surface area contributed by atoms with Crippen LogP contribution in [-0.2, 0) is 9.53 Å². The van der Waals surface area contributed by atoms with E-state index in [-0.39, 0.29) is 31.2 Å². The molecule has 2 atom stereocenters. The Morgan fingerprint density at radius 3 is 2.76 bits per heavy atom. The SMILES string of the molecule is CC1COC(CO)CN1CC(=O)NC(=O)c1ccccc1. The van der Waals surface area contributed by atoms with Crippen LogP contribution in [0.2, 0.25) is 0 Å². The van der Waals surface area contributed by atoms with Gasteiger partial charge in [-0.15, -0.1) is 0 Å². The lowest BCUT2D eigenvalue weighted by atomic mass is 10.2. The summed E-state index contributed by atoms with van der Waals surface area (Å²) < 4.78 is 5.41. The average Bonchev–Trinajstić information content (AvgIpc) is 2.50. The second-order valence-corrected chi connectivity index (χ2v) is 5.16. The third-order valence-corrected chi connectivity index (χ3v) is 3.47. The van der Waals surface area contributed by atoms with E-state index in [1.807, 2.05) is 17.9 Å². The van der Waals surface area contributed by atoms with E-state index in [4.69, 9.17) is 9.84 Å². The van der Waals surface area contributed by atoms with Crippen LogP contribution < -0.4 is 5.32 Å². The highest BCUT2D eigenvalue weighted by molar-refractivity contribution is 6.05. The molecule has 0 spiro atoms. The predicted molar refractivity (Wildman–Crippen MR) is 76.8 cm³/mol. The Morgan fingerprint density at radius 2 is 2.10 bits per heavy atom. The van der Waals surface area contributed by atoms with Crippen LogP contribution >= 0.6 is 0 Å². The molecule has 6 nitrogen and oxygen atoms in total. The van der Waals surface area contributed by atoms with Gasteiger partial charge in [0.15, 0.2) is 0 Å². The summed E-state index contributed by atoms with van der Waals surface area (Å²) in [6.45, 7) is 2.92. The fraction of sp³-hybridized carbons (Fsp3) is 0.467. The smallest absolute Gasteiger partial charge is 0.257 e. The number of carbonyl (C=O) groups is 2. The Labute approximate surface area is 123 Å². The molecule has 1 aromatic rings. The molecule has 21 heavy (non-hydrogen) atoms. The van der Waals surface area contributed by atoms with Crippen LogP contribution in [0, 0.1) is 0 Å². The van der Waals surface area contributed by atoms with Gasteiger partial charge in [0.05, 0.1) is 25.9 Å². The minimum Gasteiger partial charge on any atom is -0.394 e. The number of amides is 2. The minimum absolute atomic E-state index is 0.0744. The van der Waals surface area contributed by atoms with Gasteiger partial charge < -0.3 is 9.84 Å². The fourth-order valence-electron chi connectivity index (χ4n) is 2.22. The molecule has 0 bridgehead atoms. The van der Waals surface area contributed by atoms with E-state index >= 15 is 0 Å². The minimum atomic E-state index is -0.403. The molecule has 6 heteroatoms. The number of hydrogen-bond donors (Lipinski definition) is 2. The number of imide groups is 1. The van der Waals surface area contributed by atoms with E-state index in [1.54, 1.807) is 24.3 Å². The lowest BCUT2D eigenvalue weighted by Gasteiger charge is -2.36. The van der Waals surface area contributed by atoms with Gasteiger partial charge in [0.1, 0.15) is 0 Å². The number of ether oxygens (including phenoxy) is 1. The van der Waals surface area contributed by atoms with Crippen LogP contribution in [0.1, 0.15) is 17.3 Å². The number of benzene rings is 1. The van der Waals surface area contributed by atoms with E-state index in [9.17, 15) is 9.59 Å². The standard InChI is InChI=1S/C15H20N2O4/c1-11-10-21-13(9-18)7-17(11)8-14(19)16-15(20)12-5-3-2-4-6-12/h2-6,11,13,18H,7-10H2,1H3,(H,16,19,20). The molecule has 1 saturated heterocycles. The summed E-state index contributed by atoms with van der Waals surface area (Å²) in [5.74, 6) is -0.755. The number of aliphatic hydroxyl groups is 1. The molecule has 0 saturated carbocycles. The fourth-order valence-corrected chi connectivity index (χ4v) is 2.22. The molecule has 1 aromatic carbocycles. The summed E-state index contributed by atoms with van der Waals surface area (Å²) in [5.41, 5.74) is 0.453. The molecule has 1 fully saturated rings. The summed E-state index contributed by atoms with van der Waals surface area (Å²) in [6, 6.07) is 8.68. The van der Waals surface area contributed by atoms with Gasteiger partial charge in [-0.1, -0.05) is 18.2 Å². The number of carbonyl (C=O) groups excluding carboxylic acids is 2. The highest BCUT2D eigenvalue weighted by Gasteiger charge is 2.27. The zero-order valence-electron chi connectivity index (χ0n) is 12.0. The third kappa shape index (κ3) is 4.35. The van der Waals surface area contributed by atoms with Gasteiger partial charge in [0, 0.05) is 18.2 Å². The third-order valence-electron chi connectivity index (χ3n) is 3.47. The van der Waals surface area contributed by atoms with E-state index in [0.717, 1.165) is 0 Å². The lowest BCUT2D eigenvalue weighted by molar-refractivity contribution is -0.126. The van der Waals surface area contributed by atoms with Gasteiger partial charge in [0.25, 0.3) is 5.91 Å². The van der Waals surface area contributed by atoms with Crippen LogP contribution in [0.5, 0.6) is 0 Å². The molecule has 1 aliphatic rings. The zero-order chi connectivity index (χ0) is 15.2. The normalized spacial score (nSPS) is 22.8. The summed E-state index contributed by atoms with van der Waals surface area (Å²) >= 11 is 0. The monoisotopic (exact) mass is 292 g/mol. The number of rotatable bonds is 4. The summed E-state index contributed by atoms with van der Waals surface area (Å²) in [4.78, 5) is 25.7. The molecule has 1 aliphatic heterocycles. The first-order valence-electron chi connectivity index (χ1n) is 6.96. The van der Waals surface area contributed by atoms with Gasteiger partial charge in [-0.3, -0.25) is 19.8 Å². The maximum atomic E-state index is 12.0. The topological polar surface area (TPSA) is 78.9 Å². The summed E-state index contributed by atoms with van der Waals surface area (Å²) in [5, 5.41) is 11.5. The van der Waals surface area contributed by atoms with E-state index in [1.165, 1.54) is 0 Å². The van der Waals surface area contributed by atoms with Crippen molar-refractivity contribution in [3.8, 4) is 0 Å². The summed E-state index contributed by atoms with van der Waals surface area (Å²) in [6.07, 6.45) is -0.279. The zero-order valence-corrected chi connectivity index (χ0v) is 12.0. The number of nitrogens with zero attached hydrogens (tertiary/aromatic N) is 1. The average molecular weight is 292 g/mol. The molecule has 0 radical (unpaired) electrons. The highest BCUT2D eigenvalue weighted by Crippen LogP contribution is 2.10. The number of morpholine rings is 1. The molecule has 0 aromatic heterocycles. The second kappa shape index (κ2) is 7.31. The Morgan fingerprint density at radius 1 is 1.38 bits per heavy atom. The first-order chi connectivity index (χ1) is 10.1. The molecule has 1 heterocycles. The maximum Gasteiger partial charge on any atom is 0.257 e. The van der Waals surface area contributed by atoms with Crippen molar-refractivity contribution in [3.63, 3.8) is 0 Å². The van der Waals surface area contributed by atoms with Crippen molar-refractivity contribution >= 4 is 11.8 Å². The Bertz CT molecular complexity index is 492. The van der Waals surface area contributed by atoms with Crippen molar-refractivity contribution in [1.82, 2.24) is 10.2 Å². The molecule has 2 N–H and O–H groups in total. The molecule has 0 aliphatic carbocycles. The van der Waals surface area contributed by atoms with Crippen molar-refractivity contribution in [2.24, 2.45) is 0 Å². The van der Waals surface area contributed by atoms with Crippen molar-refractivity contribution < 1.29 is 19.4 Å². The molecular formula is C15H20N2O4. The van der Waals surface area contributed by atoms with Crippen LogP contribution in [0.15, 0.2) is 30.3 Å². The van der Waals surface area contributed by atoms with Gasteiger partial charge in [-0.25, -0.2) is 0 Å². The van der Waals surface area contributed by atoms with Gasteiger partial charge >= 0.3 is 0 Å². The number of hydrogen-bond acceptors (Lipinski definition) is 5. The Hall–Kier alpha value is -1.76. The van der Waals surface area contributed by atoms with Crippen molar-refractivity contribution in [2.75, 3.05) is 26.3 Å². The van der Waals surface area contributed by atoms with Crippen molar-refractivity contribution in [2.45, 2.75) is 19.1 Å². The number of aliphatic hydroxyl groups excluding tert-OH is 1. The molecule has 2 rings (SSSR count). The lowest BCUT2D eigenvalue weighted by Crippen LogP contribution is -2.53. The van der Waals surface area contributed by atoms with Gasteiger partial charge in [0.2, 0.25) is 5.91 Å². The molecule has 2 amide bonds. The van der Waals surface area contributed by atoms with E-state index in [2.05, 4.69) is 5.32 Å². The second-order valence-electron chi connectivity index (χ2n) is 5.16. The highest BCUT2D eigenvalue weighted by atomic mass is 16.5. The predicted octanol–water partition coefficient (Wildman–Crippen LogP) is 0.0246. The largest absolute Gasteiger partial charge is 0.394 e. The van der Waals surface area contributed by atoms with Crippen LogP contribution in [0.3, 0.4) is 0 Å². The molecule has 2 unspecified atom stereocenters. The van der Waals surface area contributed by atoms with Gasteiger partial charge in [-0.2, -0.15) is 0 Å². The Balaban J connectivity index is 1.87. The van der Waals surface area contributed by atoms with E-state index in [0.29, 0.717) is 18.7 Å². The quantitative estimate of drug-likeness (QED) is 0.818. The van der Waals surface area contributed by atoms with Gasteiger partial charge in [-0.05, 0) is 19.1 Å². The van der Waals surface area contributed by atoms with E-state index < -0.39 is 5.91 Å². The van der Waals surface area contributed by atoms with Crippen molar-refractivity contribution in [3.05, 3.63) is 35.9 Å². The maximum absolute atomic E-state index is 12.0. The van der Waals surface area contributed by atoms with Crippen LogP contribution in [0.25, 0.3) is 0 Å². The first-order valence-corrected chi connectivity index (χ1v) is 6.96. The first kappa shape index (κ1) is 15.6. The molecular weight excluding hydrogens is 272 g/mol. The van der Waals surface area contributed by atoms with Crippen LogP contribution in [-0.4, -0.2) is 60.3 Å².